The molecule has 3 aliphatic heterocycles. The second kappa shape index (κ2) is 7.91. The van der Waals surface area contributed by atoms with E-state index in [9.17, 15) is 19.8 Å². The highest BCUT2D eigenvalue weighted by Crippen LogP contribution is 2.58. The number of carbonyl (C=O) groups excluding carboxylic acids is 2. The molecule has 2 atom stereocenters. The number of rotatable bonds is 2. The maximum Gasteiger partial charge on any atom is 0.340 e. The maximum absolute atomic E-state index is 13.0. The molecule has 34 heavy (non-hydrogen) atoms. The van der Waals surface area contributed by atoms with Gasteiger partial charge in [0.2, 0.25) is 0 Å². The van der Waals surface area contributed by atoms with E-state index < -0.39 is 23.7 Å². The first-order chi connectivity index (χ1) is 16.0. The van der Waals surface area contributed by atoms with Crippen LogP contribution in [0.1, 0.15) is 32.6 Å². The minimum atomic E-state index is -1.35. The zero-order chi connectivity index (χ0) is 22.7. The SMILES string of the molecule is Cl.O=C1CNC(Cc2cc(O)cc3c2C2(OC(=O)c4ccccc42)c2ccc(O)cc2O3)NO1. The summed E-state index contributed by atoms with van der Waals surface area (Å²) < 4.78 is 12.2. The second-order valence-corrected chi connectivity index (χ2v) is 8.11. The first-order valence-electron chi connectivity index (χ1n) is 10.3. The van der Waals surface area contributed by atoms with Crippen molar-refractivity contribution in [3.8, 4) is 23.0 Å². The summed E-state index contributed by atoms with van der Waals surface area (Å²) in [5.41, 5.74) is 4.09. The van der Waals surface area contributed by atoms with Gasteiger partial charge >= 0.3 is 11.9 Å². The normalized spacial score (nSPS) is 21.9. The lowest BCUT2D eigenvalue weighted by Crippen LogP contribution is -2.53. The van der Waals surface area contributed by atoms with Gasteiger partial charge in [0.1, 0.15) is 23.0 Å². The Morgan fingerprint density at radius 3 is 2.56 bits per heavy atom. The molecule has 3 aromatic rings. The topological polar surface area (TPSA) is 126 Å². The lowest BCUT2D eigenvalue weighted by Gasteiger charge is -2.38. The molecule has 174 valence electrons. The summed E-state index contributed by atoms with van der Waals surface area (Å²) in [5.74, 6) is -0.377. The van der Waals surface area contributed by atoms with Crippen molar-refractivity contribution in [2.45, 2.75) is 18.2 Å². The van der Waals surface area contributed by atoms with Gasteiger partial charge in [-0.3, -0.25) is 5.32 Å². The van der Waals surface area contributed by atoms with Crippen LogP contribution in [0.15, 0.2) is 54.6 Å². The molecular weight excluding hydrogens is 464 g/mol. The predicted octanol–water partition coefficient (Wildman–Crippen LogP) is 2.61. The van der Waals surface area contributed by atoms with Crippen LogP contribution in [-0.2, 0) is 26.4 Å². The Kier molecular flexibility index (Phi) is 5.12. The Bertz CT molecular complexity index is 1330. The molecule has 3 heterocycles. The maximum atomic E-state index is 13.0. The number of ether oxygens (including phenoxy) is 2. The van der Waals surface area contributed by atoms with Crippen molar-refractivity contribution in [1.82, 2.24) is 10.8 Å². The van der Waals surface area contributed by atoms with Crippen LogP contribution in [0.5, 0.6) is 23.0 Å². The standard InChI is InChI=1S/C24H18N2O7.ClH/c27-13-5-6-17-18(9-13)31-19-10-14(28)7-12(8-20-25-11-21(29)33-26-20)22(19)24(17)16-4-2-1-3-15(16)23(30)32-24;/h1-7,9-10,20,25-28H,8,11H2;1H. The molecule has 0 radical (unpaired) electrons. The Labute approximate surface area is 199 Å². The van der Waals surface area contributed by atoms with Gasteiger partial charge in [-0.05, 0) is 29.8 Å². The fraction of sp³-hybridized carbons (Fsp3) is 0.167. The first kappa shape index (κ1) is 22.0. The summed E-state index contributed by atoms with van der Waals surface area (Å²) in [7, 11) is 0. The Morgan fingerprint density at radius 1 is 0.971 bits per heavy atom. The number of halogens is 1. The molecule has 0 aromatic heterocycles. The number of hydroxylamine groups is 1. The van der Waals surface area contributed by atoms with E-state index >= 15 is 0 Å². The van der Waals surface area contributed by atoms with E-state index in [4.69, 9.17) is 14.3 Å². The minimum Gasteiger partial charge on any atom is -0.508 e. The van der Waals surface area contributed by atoms with Crippen molar-refractivity contribution in [3.63, 3.8) is 0 Å². The summed E-state index contributed by atoms with van der Waals surface area (Å²) in [6, 6.07) is 14.7. The lowest BCUT2D eigenvalue weighted by molar-refractivity contribution is -0.158. The van der Waals surface area contributed by atoms with Crippen LogP contribution in [0, 0.1) is 0 Å². The van der Waals surface area contributed by atoms with Crippen LogP contribution in [0.4, 0.5) is 0 Å². The van der Waals surface area contributed by atoms with Gasteiger partial charge in [0.05, 0.1) is 23.8 Å². The molecule has 10 heteroatoms. The predicted molar refractivity (Wildman–Crippen MR) is 120 cm³/mol. The molecule has 1 fully saturated rings. The summed E-state index contributed by atoms with van der Waals surface area (Å²) >= 11 is 0. The van der Waals surface area contributed by atoms with Gasteiger partial charge in [0, 0.05) is 29.7 Å². The lowest BCUT2D eigenvalue weighted by atomic mass is 9.75. The number of carbonyl (C=O) groups is 2. The highest BCUT2D eigenvalue weighted by molar-refractivity contribution is 5.97. The molecule has 0 saturated carbocycles. The molecule has 9 nitrogen and oxygen atoms in total. The van der Waals surface area contributed by atoms with E-state index in [0.717, 1.165) is 0 Å². The average molecular weight is 483 g/mol. The van der Waals surface area contributed by atoms with Crippen molar-refractivity contribution >= 4 is 24.3 Å². The molecule has 3 aromatic carbocycles. The van der Waals surface area contributed by atoms with Crippen LogP contribution in [0.3, 0.4) is 0 Å². The second-order valence-electron chi connectivity index (χ2n) is 8.11. The fourth-order valence-corrected chi connectivity index (χ4v) is 4.80. The number of benzene rings is 3. The average Bonchev–Trinajstić information content (AvgIpc) is 3.08. The van der Waals surface area contributed by atoms with Gasteiger partial charge in [-0.1, -0.05) is 18.2 Å². The van der Waals surface area contributed by atoms with Crippen molar-refractivity contribution < 1.29 is 34.1 Å². The smallest absolute Gasteiger partial charge is 0.340 e. The molecule has 4 N–H and O–H groups in total. The van der Waals surface area contributed by atoms with E-state index in [-0.39, 0.29) is 36.9 Å². The molecular formula is C24H19ClN2O7. The molecule has 0 bridgehead atoms. The Morgan fingerprint density at radius 2 is 1.76 bits per heavy atom. The molecule has 0 amide bonds. The van der Waals surface area contributed by atoms with Crippen molar-refractivity contribution in [2.75, 3.05) is 6.54 Å². The molecule has 6 rings (SSSR count). The largest absolute Gasteiger partial charge is 0.508 e. The van der Waals surface area contributed by atoms with E-state index in [1.54, 1.807) is 24.3 Å². The molecule has 2 unspecified atom stereocenters. The number of esters is 1. The monoisotopic (exact) mass is 482 g/mol. The summed E-state index contributed by atoms with van der Waals surface area (Å²) in [6.07, 6.45) is -0.165. The van der Waals surface area contributed by atoms with E-state index in [1.165, 1.54) is 18.2 Å². The fourth-order valence-electron chi connectivity index (χ4n) is 4.80. The van der Waals surface area contributed by atoms with E-state index in [0.29, 0.717) is 39.3 Å². The quantitative estimate of drug-likeness (QED) is 0.408. The third-order valence-corrected chi connectivity index (χ3v) is 6.09. The van der Waals surface area contributed by atoms with Crippen LogP contribution in [0.25, 0.3) is 0 Å². The Balaban J connectivity index is 0.00000241. The highest BCUT2D eigenvalue weighted by atomic mass is 35.5. The molecule has 3 aliphatic rings. The number of fused-ring (bicyclic) bond motifs is 6. The number of nitrogens with one attached hydrogen (secondary N) is 2. The zero-order valence-electron chi connectivity index (χ0n) is 17.5. The van der Waals surface area contributed by atoms with Gasteiger partial charge in [-0.2, -0.15) is 0 Å². The third-order valence-electron chi connectivity index (χ3n) is 6.09. The third kappa shape index (κ3) is 3.17. The van der Waals surface area contributed by atoms with Crippen LogP contribution in [0.2, 0.25) is 0 Å². The van der Waals surface area contributed by atoms with Crippen molar-refractivity contribution in [2.24, 2.45) is 0 Å². The van der Waals surface area contributed by atoms with Crippen LogP contribution in [-0.4, -0.2) is 34.9 Å². The number of aromatic hydroxyl groups is 2. The van der Waals surface area contributed by atoms with Crippen molar-refractivity contribution in [3.05, 3.63) is 82.4 Å². The molecule has 1 spiro atoms. The number of phenols is 2. The number of phenolic OH excluding ortho intramolecular Hbond substituents is 2. The number of hydrogen-bond donors (Lipinski definition) is 4. The van der Waals surface area contributed by atoms with Gasteiger partial charge in [0.25, 0.3) is 0 Å². The van der Waals surface area contributed by atoms with Gasteiger partial charge in [-0.25, -0.2) is 9.59 Å². The van der Waals surface area contributed by atoms with Gasteiger partial charge in [0.15, 0.2) is 5.60 Å². The first-order valence-corrected chi connectivity index (χ1v) is 10.3. The Hall–Kier alpha value is -3.79. The molecule has 0 aliphatic carbocycles. The van der Waals surface area contributed by atoms with Crippen LogP contribution >= 0.6 is 12.4 Å². The summed E-state index contributed by atoms with van der Waals surface area (Å²) in [6.45, 7) is 0.0280. The summed E-state index contributed by atoms with van der Waals surface area (Å²) in [5, 5.41) is 23.6. The summed E-state index contributed by atoms with van der Waals surface area (Å²) in [4.78, 5) is 29.3. The molecule has 1 saturated heterocycles. The van der Waals surface area contributed by atoms with E-state index in [1.807, 2.05) is 12.1 Å². The van der Waals surface area contributed by atoms with E-state index in [2.05, 4.69) is 10.8 Å². The van der Waals surface area contributed by atoms with Gasteiger partial charge in [-0.15, -0.1) is 17.9 Å². The van der Waals surface area contributed by atoms with Gasteiger partial charge < -0.3 is 24.5 Å². The highest BCUT2D eigenvalue weighted by Gasteiger charge is 2.54. The van der Waals surface area contributed by atoms with Crippen LogP contribution < -0.4 is 15.5 Å². The number of hydrogen-bond acceptors (Lipinski definition) is 9. The van der Waals surface area contributed by atoms with Crippen molar-refractivity contribution in [1.29, 1.82) is 0 Å². The zero-order valence-corrected chi connectivity index (χ0v) is 18.3. The minimum absolute atomic E-state index is 0.